The molecule has 0 spiro atoms. The van der Waals surface area contributed by atoms with Gasteiger partial charge in [-0.25, -0.2) is 4.39 Å². The Hall–Kier alpha value is -2.20. The van der Waals surface area contributed by atoms with Crippen LogP contribution in [0.3, 0.4) is 0 Å². The van der Waals surface area contributed by atoms with Gasteiger partial charge >= 0.3 is 0 Å². The molecule has 0 atom stereocenters. The molecule has 26 heavy (non-hydrogen) atoms. The first-order valence-electron chi connectivity index (χ1n) is 9.33. The highest BCUT2D eigenvalue weighted by Gasteiger charge is 2.21. The van der Waals surface area contributed by atoms with Crippen molar-refractivity contribution in [1.82, 2.24) is 4.90 Å². The van der Waals surface area contributed by atoms with E-state index in [2.05, 4.69) is 16.3 Å². The van der Waals surface area contributed by atoms with Crippen molar-refractivity contribution in [2.24, 2.45) is 5.92 Å². The first kappa shape index (κ1) is 18.6. The largest absolute Gasteiger partial charge is 0.325 e. The zero-order chi connectivity index (χ0) is 18.5. The third kappa shape index (κ3) is 5.15. The van der Waals surface area contributed by atoms with Crippen LogP contribution in [-0.4, -0.2) is 30.4 Å². The molecule has 3 nitrogen and oxygen atoms in total. The molecule has 1 saturated heterocycles. The summed E-state index contributed by atoms with van der Waals surface area (Å²) < 4.78 is 13.3. The molecule has 1 heterocycles. The van der Waals surface area contributed by atoms with Gasteiger partial charge in [-0.15, -0.1) is 0 Å². The molecule has 0 aliphatic carbocycles. The number of likely N-dealkylation sites (tertiary alicyclic amines) is 1. The molecule has 1 amide bonds. The van der Waals surface area contributed by atoms with Gasteiger partial charge in [0.1, 0.15) is 5.82 Å². The van der Waals surface area contributed by atoms with Crippen molar-refractivity contribution in [3.8, 4) is 0 Å². The summed E-state index contributed by atoms with van der Waals surface area (Å²) in [6, 6.07) is 12.9. The highest BCUT2D eigenvalue weighted by Crippen LogP contribution is 2.22. The lowest BCUT2D eigenvalue weighted by molar-refractivity contribution is -0.117. The van der Waals surface area contributed by atoms with Gasteiger partial charge in [0.25, 0.3) is 0 Å². The van der Waals surface area contributed by atoms with Gasteiger partial charge in [-0.1, -0.05) is 29.8 Å². The molecule has 0 unspecified atom stereocenters. The highest BCUT2D eigenvalue weighted by molar-refractivity contribution is 5.93. The molecule has 0 radical (unpaired) electrons. The molecule has 1 aliphatic rings. The fraction of sp³-hybridized carbons (Fsp3) is 0.409. The second kappa shape index (κ2) is 8.45. The number of benzene rings is 2. The second-order valence-electron chi connectivity index (χ2n) is 7.42. The number of hydrogen-bond donors (Lipinski definition) is 1. The number of anilines is 1. The summed E-state index contributed by atoms with van der Waals surface area (Å²) in [5.41, 5.74) is 4.24. The summed E-state index contributed by atoms with van der Waals surface area (Å²) in [4.78, 5) is 14.5. The van der Waals surface area contributed by atoms with E-state index < -0.39 is 0 Å². The second-order valence-corrected chi connectivity index (χ2v) is 7.42. The van der Waals surface area contributed by atoms with E-state index in [1.165, 1.54) is 11.6 Å². The van der Waals surface area contributed by atoms with Crippen molar-refractivity contribution in [2.45, 2.75) is 33.1 Å². The van der Waals surface area contributed by atoms with Crippen LogP contribution in [0.2, 0.25) is 0 Å². The van der Waals surface area contributed by atoms with Crippen molar-refractivity contribution < 1.29 is 9.18 Å². The Bertz CT molecular complexity index is 766. The summed E-state index contributed by atoms with van der Waals surface area (Å²) in [6.07, 6.45) is 3.01. The number of nitrogens with one attached hydrogen (secondary N) is 1. The Morgan fingerprint density at radius 3 is 2.62 bits per heavy atom. The Labute approximate surface area is 155 Å². The molecule has 3 rings (SSSR count). The summed E-state index contributed by atoms with van der Waals surface area (Å²) in [5.74, 6) is 0.444. The minimum Gasteiger partial charge on any atom is -0.325 e. The van der Waals surface area contributed by atoms with Crippen LogP contribution in [0.15, 0.2) is 42.5 Å². The first-order chi connectivity index (χ1) is 12.5. The molecule has 0 saturated carbocycles. The van der Waals surface area contributed by atoms with Gasteiger partial charge in [0.05, 0.1) is 6.54 Å². The van der Waals surface area contributed by atoms with Crippen molar-refractivity contribution in [2.75, 3.05) is 25.0 Å². The molecule has 4 heteroatoms. The predicted octanol–water partition coefficient (Wildman–Crippen LogP) is 4.34. The van der Waals surface area contributed by atoms with Crippen LogP contribution in [0.4, 0.5) is 10.1 Å². The molecule has 0 bridgehead atoms. The number of nitrogens with zero attached hydrogens (tertiary/aromatic N) is 1. The van der Waals surface area contributed by atoms with Crippen LogP contribution in [0.1, 0.15) is 29.5 Å². The van der Waals surface area contributed by atoms with Crippen molar-refractivity contribution in [1.29, 1.82) is 0 Å². The average molecular weight is 354 g/mol. The van der Waals surface area contributed by atoms with Gasteiger partial charge < -0.3 is 5.32 Å². The summed E-state index contributed by atoms with van der Waals surface area (Å²) in [5, 5.41) is 3.02. The van der Waals surface area contributed by atoms with Gasteiger partial charge in [-0.3, -0.25) is 9.69 Å². The standard InChI is InChI=1S/C22H27FN2O/c1-16-6-7-21(17(2)12-16)24-22(26)15-25-10-8-18(9-11-25)13-19-4-3-5-20(23)14-19/h3-7,12,14,18H,8-11,13,15H2,1-2H3,(H,24,26). The van der Waals surface area contributed by atoms with Crippen LogP contribution >= 0.6 is 0 Å². The average Bonchev–Trinajstić information content (AvgIpc) is 2.59. The van der Waals surface area contributed by atoms with E-state index in [0.29, 0.717) is 12.5 Å². The van der Waals surface area contributed by atoms with E-state index in [4.69, 9.17) is 0 Å². The quantitative estimate of drug-likeness (QED) is 0.866. The third-order valence-corrected chi connectivity index (χ3v) is 5.14. The lowest BCUT2D eigenvalue weighted by Crippen LogP contribution is -2.39. The molecule has 1 N–H and O–H groups in total. The number of piperidine rings is 1. The Balaban J connectivity index is 1.45. The smallest absolute Gasteiger partial charge is 0.238 e. The number of halogens is 1. The summed E-state index contributed by atoms with van der Waals surface area (Å²) in [7, 11) is 0. The Kier molecular flexibility index (Phi) is 6.04. The zero-order valence-corrected chi connectivity index (χ0v) is 15.6. The van der Waals surface area contributed by atoms with Crippen LogP contribution < -0.4 is 5.32 Å². The monoisotopic (exact) mass is 354 g/mol. The Morgan fingerprint density at radius 2 is 1.92 bits per heavy atom. The fourth-order valence-electron chi connectivity index (χ4n) is 3.69. The van der Waals surface area contributed by atoms with Crippen molar-refractivity contribution in [3.63, 3.8) is 0 Å². The Morgan fingerprint density at radius 1 is 1.15 bits per heavy atom. The maximum absolute atomic E-state index is 13.3. The van der Waals surface area contributed by atoms with Gasteiger partial charge in [-0.2, -0.15) is 0 Å². The molecular formula is C22H27FN2O. The minimum atomic E-state index is -0.164. The molecule has 1 fully saturated rings. The lowest BCUT2D eigenvalue weighted by Gasteiger charge is -2.31. The van der Waals surface area contributed by atoms with E-state index in [0.717, 1.165) is 49.2 Å². The van der Waals surface area contributed by atoms with E-state index in [9.17, 15) is 9.18 Å². The number of aryl methyl sites for hydroxylation is 2. The molecule has 2 aromatic rings. The summed E-state index contributed by atoms with van der Waals surface area (Å²) in [6.45, 7) is 6.33. The van der Waals surface area contributed by atoms with E-state index in [1.807, 2.05) is 32.0 Å². The third-order valence-electron chi connectivity index (χ3n) is 5.14. The zero-order valence-electron chi connectivity index (χ0n) is 15.6. The first-order valence-corrected chi connectivity index (χ1v) is 9.33. The van der Waals surface area contributed by atoms with Crippen LogP contribution in [0, 0.1) is 25.6 Å². The normalized spacial score (nSPS) is 15.8. The molecule has 138 valence electrons. The van der Waals surface area contributed by atoms with Gasteiger partial charge in [0.2, 0.25) is 5.91 Å². The number of hydrogen-bond acceptors (Lipinski definition) is 2. The van der Waals surface area contributed by atoms with E-state index >= 15 is 0 Å². The summed E-state index contributed by atoms with van der Waals surface area (Å²) >= 11 is 0. The predicted molar refractivity (Wildman–Crippen MR) is 104 cm³/mol. The number of carbonyl (C=O) groups is 1. The number of amides is 1. The minimum absolute atomic E-state index is 0.0422. The van der Waals surface area contributed by atoms with Gasteiger partial charge in [-0.05, 0) is 81.4 Å². The number of carbonyl (C=O) groups excluding carboxylic acids is 1. The van der Waals surface area contributed by atoms with Crippen LogP contribution in [0.25, 0.3) is 0 Å². The lowest BCUT2D eigenvalue weighted by atomic mass is 9.90. The van der Waals surface area contributed by atoms with E-state index in [-0.39, 0.29) is 11.7 Å². The fourth-order valence-corrected chi connectivity index (χ4v) is 3.69. The SMILES string of the molecule is Cc1ccc(NC(=O)CN2CCC(Cc3cccc(F)c3)CC2)c(C)c1. The van der Waals surface area contributed by atoms with Gasteiger partial charge in [0.15, 0.2) is 0 Å². The highest BCUT2D eigenvalue weighted by atomic mass is 19.1. The van der Waals surface area contributed by atoms with Crippen molar-refractivity contribution in [3.05, 3.63) is 65.0 Å². The topological polar surface area (TPSA) is 32.3 Å². The van der Waals surface area contributed by atoms with Crippen LogP contribution in [-0.2, 0) is 11.2 Å². The maximum Gasteiger partial charge on any atom is 0.238 e. The van der Waals surface area contributed by atoms with Crippen LogP contribution in [0.5, 0.6) is 0 Å². The maximum atomic E-state index is 13.3. The molecule has 2 aromatic carbocycles. The molecular weight excluding hydrogens is 327 g/mol. The van der Waals surface area contributed by atoms with Gasteiger partial charge in [0, 0.05) is 5.69 Å². The number of rotatable bonds is 5. The van der Waals surface area contributed by atoms with E-state index in [1.54, 1.807) is 12.1 Å². The van der Waals surface area contributed by atoms with Crippen molar-refractivity contribution >= 4 is 11.6 Å². The molecule has 1 aliphatic heterocycles. The molecule has 0 aromatic heterocycles.